The van der Waals surface area contributed by atoms with Crippen LogP contribution in [-0.4, -0.2) is 38.5 Å². The fourth-order valence-electron chi connectivity index (χ4n) is 3.88. The van der Waals surface area contributed by atoms with E-state index in [0.29, 0.717) is 22.3 Å². The fourth-order valence-corrected chi connectivity index (χ4v) is 4.34. The Morgan fingerprint density at radius 1 is 1.13 bits per heavy atom. The number of hydrogen-bond acceptors (Lipinski definition) is 5. The number of aliphatic carboxylic acids is 1. The third-order valence-corrected chi connectivity index (χ3v) is 5.93. The van der Waals surface area contributed by atoms with Crippen molar-refractivity contribution in [3.8, 4) is 11.1 Å². The van der Waals surface area contributed by atoms with Crippen molar-refractivity contribution in [1.82, 2.24) is 4.57 Å². The first-order chi connectivity index (χ1) is 14.4. The average molecular weight is 421 g/mol. The number of hydrogen-bond donors (Lipinski definition) is 2. The summed E-state index contributed by atoms with van der Waals surface area (Å²) in [4.78, 5) is 37.9. The number of benzene rings is 2. The van der Waals surface area contributed by atoms with Crippen LogP contribution in [-0.2, 0) is 4.79 Å². The number of aliphatic hydroxyl groups excluding tert-OH is 1. The van der Waals surface area contributed by atoms with Crippen LogP contribution >= 0.6 is 11.8 Å². The summed E-state index contributed by atoms with van der Waals surface area (Å²) in [5.74, 6) is -1.51. The highest BCUT2D eigenvalue weighted by atomic mass is 32.2. The van der Waals surface area contributed by atoms with Gasteiger partial charge in [0, 0.05) is 28.1 Å². The van der Waals surface area contributed by atoms with Crippen molar-refractivity contribution in [2.45, 2.75) is 12.5 Å². The molecule has 2 N–H and O–H groups in total. The first-order valence-corrected chi connectivity index (χ1v) is 10.8. The van der Waals surface area contributed by atoms with Crippen LogP contribution in [0.3, 0.4) is 0 Å². The van der Waals surface area contributed by atoms with Gasteiger partial charge < -0.3 is 14.8 Å². The molecule has 0 fully saturated rings. The average Bonchev–Trinajstić information content (AvgIpc) is 2.75. The second-order valence-electron chi connectivity index (χ2n) is 7.07. The Hall–Kier alpha value is -3.32. The zero-order chi connectivity index (χ0) is 21.4. The van der Waals surface area contributed by atoms with E-state index in [1.54, 1.807) is 12.1 Å². The number of carbonyl (C=O) groups excluding carboxylic acids is 1. The van der Waals surface area contributed by atoms with E-state index in [-0.39, 0.29) is 17.4 Å². The molecule has 6 nitrogen and oxygen atoms in total. The first-order valence-electron chi connectivity index (χ1n) is 9.38. The van der Waals surface area contributed by atoms with Crippen molar-refractivity contribution in [2.75, 3.05) is 12.0 Å². The minimum Gasteiger partial charge on any atom is -0.504 e. The highest BCUT2D eigenvalue weighted by Gasteiger charge is 2.29. The van der Waals surface area contributed by atoms with Crippen molar-refractivity contribution in [3.63, 3.8) is 0 Å². The van der Waals surface area contributed by atoms with Gasteiger partial charge in [-0.25, -0.2) is 4.79 Å². The van der Waals surface area contributed by atoms with E-state index >= 15 is 0 Å². The second kappa shape index (κ2) is 7.84. The summed E-state index contributed by atoms with van der Waals surface area (Å²) < 4.78 is 1.20. The van der Waals surface area contributed by atoms with E-state index in [0.717, 1.165) is 5.56 Å². The number of allylic oxidation sites excluding steroid dienone is 1. The summed E-state index contributed by atoms with van der Waals surface area (Å²) in [6.07, 6.45) is 4.89. The van der Waals surface area contributed by atoms with Crippen molar-refractivity contribution >= 4 is 40.4 Å². The first kappa shape index (κ1) is 20.0. The lowest BCUT2D eigenvalue weighted by Gasteiger charge is -2.22. The Morgan fingerprint density at radius 2 is 1.87 bits per heavy atom. The van der Waals surface area contributed by atoms with Crippen molar-refractivity contribution < 1.29 is 19.8 Å². The van der Waals surface area contributed by atoms with Crippen LogP contribution in [0.1, 0.15) is 28.4 Å². The van der Waals surface area contributed by atoms with Crippen LogP contribution in [0.2, 0.25) is 0 Å². The number of pyridine rings is 1. The zero-order valence-corrected chi connectivity index (χ0v) is 17.0. The molecule has 0 spiro atoms. The molecular weight excluding hydrogens is 402 g/mol. The molecule has 1 aliphatic carbocycles. The van der Waals surface area contributed by atoms with Crippen LogP contribution in [0.15, 0.2) is 59.2 Å². The quantitative estimate of drug-likeness (QED) is 0.621. The lowest BCUT2D eigenvalue weighted by atomic mass is 9.86. The van der Waals surface area contributed by atoms with Crippen molar-refractivity contribution in [1.29, 1.82) is 0 Å². The number of carboxylic acid groups (broad SMARTS) is 1. The van der Waals surface area contributed by atoms with Gasteiger partial charge in [-0.05, 0) is 41.7 Å². The smallest absolute Gasteiger partial charge is 0.326 e. The number of carboxylic acids is 1. The van der Waals surface area contributed by atoms with Gasteiger partial charge in [0.05, 0.1) is 0 Å². The molecule has 3 aromatic rings. The van der Waals surface area contributed by atoms with E-state index in [9.17, 15) is 24.6 Å². The molecule has 1 heterocycles. The Bertz CT molecular complexity index is 1260. The number of ketones is 1. The Balaban J connectivity index is 2.04. The minimum atomic E-state index is -1.10. The fraction of sp³-hybridized carbons (Fsp3) is 0.174. The maximum Gasteiger partial charge on any atom is 0.326 e. The summed E-state index contributed by atoms with van der Waals surface area (Å²) in [5, 5.41) is 20.7. The molecule has 0 bridgehead atoms. The van der Waals surface area contributed by atoms with Gasteiger partial charge in [-0.15, -0.1) is 0 Å². The largest absolute Gasteiger partial charge is 0.504 e. The third-order valence-electron chi connectivity index (χ3n) is 5.29. The van der Waals surface area contributed by atoms with E-state index in [2.05, 4.69) is 0 Å². The number of aliphatic hydroxyl groups is 1. The van der Waals surface area contributed by atoms with Gasteiger partial charge in [-0.3, -0.25) is 9.59 Å². The maximum atomic E-state index is 13.2. The molecule has 1 aromatic heterocycles. The van der Waals surface area contributed by atoms with Gasteiger partial charge in [0.15, 0.2) is 5.76 Å². The van der Waals surface area contributed by atoms with E-state index in [1.165, 1.54) is 28.6 Å². The predicted octanol–water partition coefficient (Wildman–Crippen LogP) is 4.14. The summed E-state index contributed by atoms with van der Waals surface area (Å²) in [7, 11) is 0. The highest BCUT2D eigenvalue weighted by Crippen LogP contribution is 2.36. The predicted molar refractivity (Wildman–Crippen MR) is 118 cm³/mol. The molecule has 4 rings (SSSR count). The molecule has 0 unspecified atom stereocenters. The van der Waals surface area contributed by atoms with Crippen LogP contribution in [0.4, 0.5) is 0 Å². The lowest BCUT2D eigenvalue weighted by Crippen LogP contribution is -2.31. The molecule has 0 aliphatic heterocycles. The minimum absolute atomic E-state index is 0.258. The lowest BCUT2D eigenvalue weighted by molar-refractivity contribution is -0.141. The molecule has 2 aromatic carbocycles. The van der Waals surface area contributed by atoms with E-state index in [4.69, 9.17) is 0 Å². The molecule has 30 heavy (non-hydrogen) atoms. The second-order valence-corrected chi connectivity index (χ2v) is 8.05. The topological polar surface area (TPSA) is 96.6 Å². The van der Waals surface area contributed by atoms with E-state index < -0.39 is 29.1 Å². The molecule has 1 atom stereocenters. The van der Waals surface area contributed by atoms with Crippen LogP contribution < -0.4 is 5.56 Å². The summed E-state index contributed by atoms with van der Waals surface area (Å²) >= 11 is 1.50. The maximum absolute atomic E-state index is 13.2. The van der Waals surface area contributed by atoms with Gasteiger partial charge in [0.2, 0.25) is 5.78 Å². The Kier molecular flexibility index (Phi) is 5.22. The number of rotatable bonds is 6. The molecule has 0 saturated heterocycles. The molecule has 0 saturated carbocycles. The van der Waals surface area contributed by atoms with Gasteiger partial charge in [-0.1, -0.05) is 36.4 Å². The van der Waals surface area contributed by atoms with Crippen molar-refractivity contribution in [2.24, 2.45) is 0 Å². The normalized spacial score (nSPS) is 13.9. The van der Waals surface area contributed by atoms with Crippen LogP contribution in [0, 0.1) is 0 Å². The molecular formula is C23H19NO5S. The van der Waals surface area contributed by atoms with Crippen molar-refractivity contribution in [3.05, 3.63) is 75.9 Å². The van der Waals surface area contributed by atoms with Gasteiger partial charge in [0.1, 0.15) is 6.04 Å². The summed E-state index contributed by atoms with van der Waals surface area (Å²) in [6, 6.07) is 11.5. The molecule has 1 aliphatic rings. The number of nitrogens with zero attached hydrogens (tertiary/aromatic N) is 1. The third kappa shape index (κ3) is 3.21. The van der Waals surface area contributed by atoms with Crippen LogP contribution in [0.5, 0.6) is 0 Å². The number of thioether (sulfide) groups is 1. The number of aromatic nitrogens is 1. The van der Waals surface area contributed by atoms with Crippen LogP contribution in [0.25, 0.3) is 28.0 Å². The van der Waals surface area contributed by atoms with Gasteiger partial charge in [0.25, 0.3) is 5.56 Å². The number of carbonyl (C=O) groups is 2. The SMILES string of the molecule is CSCC[C@@H](C(=O)O)n1cc2c3c(c(-c4ccccc4)ccc3c1=O)C(=O)C(O)=C2. The molecule has 152 valence electrons. The Morgan fingerprint density at radius 3 is 2.53 bits per heavy atom. The number of Topliss-reactive ketones (excluding diaryl/α,β-unsaturated/α-hetero) is 1. The monoisotopic (exact) mass is 421 g/mol. The van der Waals surface area contributed by atoms with Gasteiger partial charge >= 0.3 is 5.97 Å². The molecule has 7 heteroatoms. The Labute approximate surface area is 176 Å². The zero-order valence-electron chi connectivity index (χ0n) is 16.2. The summed E-state index contributed by atoms with van der Waals surface area (Å²) in [6.45, 7) is 0. The molecule has 0 radical (unpaired) electrons. The highest BCUT2D eigenvalue weighted by molar-refractivity contribution is 7.98. The van der Waals surface area contributed by atoms with E-state index in [1.807, 2.05) is 36.6 Å². The summed E-state index contributed by atoms with van der Waals surface area (Å²) in [5.41, 5.74) is 1.64. The standard InChI is InChI=1S/C23H19NO5S/c1-30-10-9-17(23(28)29)24-12-14-11-18(25)21(26)20-15(13-5-3-2-4-6-13)7-8-16(19(14)20)22(24)27/h2-8,11-12,17,25H,9-10H2,1H3,(H,28,29)/t17-/m0/s1. The van der Waals surface area contributed by atoms with Gasteiger partial charge in [-0.2, -0.15) is 11.8 Å². The molecule has 0 amide bonds.